The standard InChI is InChI=1S/C21H21N3O4/c1-16(25)18-5-9-19(10-6-18)22-12-14-23(15-13-22)21(26)11-4-17-2-7-20(8-3-17)24(27)28/h2-11H,12-15H2,1H3/b11-4+. The van der Waals surface area contributed by atoms with Crippen LogP contribution in [0.15, 0.2) is 54.6 Å². The smallest absolute Gasteiger partial charge is 0.269 e. The van der Waals surface area contributed by atoms with E-state index in [4.69, 9.17) is 0 Å². The highest BCUT2D eigenvalue weighted by atomic mass is 16.6. The molecule has 1 aliphatic rings. The van der Waals surface area contributed by atoms with Gasteiger partial charge in [-0.25, -0.2) is 0 Å². The molecule has 0 spiro atoms. The van der Waals surface area contributed by atoms with Gasteiger partial charge in [0.05, 0.1) is 4.92 Å². The van der Waals surface area contributed by atoms with Gasteiger partial charge in [0.2, 0.25) is 5.91 Å². The first-order valence-corrected chi connectivity index (χ1v) is 9.01. The molecule has 28 heavy (non-hydrogen) atoms. The molecule has 2 aromatic carbocycles. The predicted molar refractivity (Wildman–Crippen MR) is 107 cm³/mol. The highest BCUT2D eigenvalue weighted by Crippen LogP contribution is 2.18. The summed E-state index contributed by atoms with van der Waals surface area (Å²) in [5, 5.41) is 10.7. The molecule has 7 heteroatoms. The van der Waals surface area contributed by atoms with Gasteiger partial charge in [0.25, 0.3) is 5.69 Å². The number of ketones is 1. The van der Waals surface area contributed by atoms with Crippen LogP contribution in [-0.4, -0.2) is 47.7 Å². The zero-order valence-electron chi connectivity index (χ0n) is 15.6. The third kappa shape index (κ3) is 4.62. The second kappa shape index (κ2) is 8.47. The Balaban J connectivity index is 1.54. The van der Waals surface area contributed by atoms with Crippen molar-refractivity contribution in [2.45, 2.75) is 6.92 Å². The third-order valence-corrected chi connectivity index (χ3v) is 4.75. The van der Waals surface area contributed by atoms with Crippen LogP contribution in [0.2, 0.25) is 0 Å². The fourth-order valence-electron chi connectivity index (χ4n) is 3.07. The van der Waals surface area contributed by atoms with E-state index in [0.717, 1.165) is 24.3 Å². The lowest BCUT2D eigenvalue weighted by Crippen LogP contribution is -2.48. The van der Waals surface area contributed by atoms with Crippen LogP contribution in [0.25, 0.3) is 6.08 Å². The van der Waals surface area contributed by atoms with Crippen LogP contribution in [0, 0.1) is 10.1 Å². The molecule has 0 saturated carbocycles. The number of Topliss-reactive ketones (excluding diaryl/α,β-unsaturated/α-hetero) is 1. The normalized spacial score (nSPS) is 14.3. The van der Waals surface area contributed by atoms with Crippen LogP contribution in [0.1, 0.15) is 22.8 Å². The van der Waals surface area contributed by atoms with Gasteiger partial charge in [0, 0.05) is 55.6 Å². The molecule has 3 rings (SSSR count). The van der Waals surface area contributed by atoms with Gasteiger partial charge < -0.3 is 9.80 Å². The maximum Gasteiger partial charge on any atom is 0.269 e. The van der Waals surface area contributed by atoms with Crippen molar-refractivity contribution < 1.29 is 14.5 Å². The summed E-state index contributed by atoms with van der Waals surface area (Å²) >= 11 is 0. The van der Waals surface area contributed by atoms with Crippen molar-refractivity contribution in [3.63, 3.8) is 0 Å². The van der Waals surface area contributed by atoms with Crippen molar-refractivity contribution >= 4 is 29.1 Å². The lowest BCUT2D eigenvalue weighted by atomic mass is 10.1. The molecule has 0 bridgehead atoms. The minimum atomic E-state index is -0.453. The molecule has 0 aliphatic carbocycles. The average Bonchev–Trinajstić information content (AvgIpc) is 2.72. The minimum Gasteiger partial charge on any atom is -0.368 e. The molecule has 2 aromatic rings. The van der Waals surface area contributed by atoms with Gasteiger partial charge in [-0.2, -0.15) is 0 Å². The summed E-state index contributed by atoms with van der Waals surface area (Å²) in [5.74, 6) is -0.0355. The quantitative estimate of drug-likeness (QED) is 0.345. The van der Waals surface area contributed by atoms with Gasteiger partial charge in [-0.1, -0.05) is 0 Å². The monoisotopic (exact) mass is 379 g/mol. The van der Waals surface area contributed by atoms with Gasteiger partial charge in [-0.3, -0.25) is 19.7 Å². The Hall–Kier alpha value is -3.48. The molecule has 144 valence electrons. The summed E-state index contributed by atoms with van der Waals surface area (Å²) in [6, 6.07) is 13.6. The molecule has 1 fully saturated rings. The van der Waals surface area contributed by atoms with Gasteiger partial charge in [-0.05, 0) is 55.0 Å². The summed E-state index contributed by atoms with van der Waals surface area (Å²) in [4.78, 5) is 37.9. The van der Waals surface area contributed by atoms with E-state index >= 15 is 0 Å². The number of hydrogen-bond donors (Lipinski definition) is 0. The van der Waals surface area contributed by atoms with Crippen molar-refractivity contribution in [3.8, 4) is 0 Å². The van der Waals surface area contributed by atoms with Crippen LogP contribution >= 0.6 is 0 Å². The van der Waals surface area contributed by atoms with Crippen molar-refractivity contribution in [2.24, 2.45) is 0 Å². The van der Waals surface area contributed by atoms with Gasteiger partial charge in [0.15, 0.2) is 5.78 Å². The zero-order chi connectivity index (χ0) is 20.1. The van der Waals surface area contributed by atoms with E-state index in [1.54, 1.807) is 30.0 Å². The van der Waals surface area contributed by atoms with Crippen molar-refractivity contribution in [1.82, 2.24) is 4.90 Å². The van der Waals surface area contributed by atoms with E-state index in [1.165, 1.54) is 18.2 Å². The number of carbonyl (C=O) groups excluding carboxylic acids is 2. The number of nitro benzene ring substituents is 1. The molecule has 1 amide bonds. The molecule has 0 atom stereocenters. The highest BCUT2D eigenvalue weighted by molar-refractivity contribution is 5.94. The largest absolute Gasteiger partial charge is 0.368 e. The fraction of sp³-hybridized carbons (Fsp3) is 0.238. The van der Waals surface area contributed by atoms with Gasteiger partial charge >= 0.3 is 0 Å². The molecule has 0 N–H and O–H groups in total. The second-order valence-electron chi connectivity index (χ2n) is 6.60. The molecule has 0 aromatic heterocycles. The van der Waals surface area contributed by atoms with Crippen LogP contribution in [0.3, 0.4) is 0 Å². The Kier molecular flexibility index (Phi) is 5.84. The molecular formula is C21H21N3O4. The summed E-state index contributed by atoms with van der Waals surface area (Å²) < 4.78 is 0. The summed E-state index contributed by atoms with van der Waals surface area (Å²) in [5.41, 5.74) is 2.49. The number of rotatable bonds is 5. The van der Waals surface area contributed by atoms with E-state index in [0.29, 0.717) is 18.7 Å². The number of hydrogen-bond acceptors (Lipinski definition) is 5. The topological polar surface area (TPSA) is 83.8 Å². The lowest BCUT2D eigenvalue weighted by molar-refractivity contribution is -0.384. The molecular weight excluding hydrogens is 358 g/mol. The number of benzene rings is 2. The van der Waals surface area contributed by atoms with E-state index < -0.39 is 4.92 Å². The van der Waals surface area contributed by atoms with E-state index in [1.807, 2.05) is 24.3 Å². The molecule has 1 saturated heterocycles. The second-order valence-corrected chi connectivity index (χ2v) is 6.60. The molecule has 1 aliphatic heterocycles. The Morgan fingerprint density at radius 1 is 0.964 bits per heavy atom. The first kappa shape index (κ1) is 19.3. The summed E-state index contributed by atoms with van der Waals surface area (Å²) in [6.07, 6.45) is 3.16. The lowest BCUT2D eigenvalue weighted by Gasteiger charge is -2.35. The Labute approximate surface area is 163 Å². The summed E-state index contributed by atoms with van der Waals surface area (Å²) in [6.45, 7) is 4.20. The highest BCUT2D eigenvalue weighted by Gasteiger charge is 2.20. The van der Waals surface area contributed by atoms with E-state index in [2.05, 4.69) is 4.90 Å². The zero-order valence-corrected chi connectivity index (χ0v) is 15.6. The van der Waals surface area contributed by atoms with Crippen LogP contribution in [-0.2, 0) is 4.79 Å². The Morgan fingerprint density at radius 2 is 1.57 bits per heavy atom. The molecule has 7 nitrogen and oxygen atoms in total. The van der Waals surface area contributed by atoms with Crippen molar-refractivity contribution in [1.29, 1.82) is 0 Å². The van der Waals surface area contributed by atoms with Crippen LogP contribution < -0.4 is 4.90 Å². The molecule has 1 heterocycles. The van der Waals surface area contributed by atoms with Crippen LogP contribution in [0.5, 0.6) is 0 Å². The first-order valence-electron chi connectivity index (χ1n) is 9.01. The Bertz CT molecular complexity index is 896. The number of anilines is 1. The number of piperazine rings is 1. The molecule has 0 unspecified atom stereocenters. The number of non-ortho nitro benzene ring substituents is 1. The third-order valence-electron chi connectivity index (χ3n) is 4.75. The van der Waals surface area contributed by atoms with Gasteiger partial charge in [0.1, 0.15) is 0 Å². The van der Waals surface area contributed by atoms with Crippen molar-refractivity contribution in [2.75, 3.05) is 31.1 Å². The summed E-state index contributed by atoms with van der Waals surface area (Å²) in [7, 11) is 0. The number of nitro groups is 1. The minimum absolute atomic E-state index is 0.0240. The number of nitrogens with zero attached hydrogens (tertiary/aromatic N) is 3. The number of carbonyl (C=O) groups is 2. The Morgan fingerprint density at radius 3 is 2.11 bits per heavy atom. The van der Waals surface area contributed by atoms with E-state index in [9.17, 15) is 19.7 Å². The fourth-order valence-corrected chi connectivity index (χ4v) is 3.07. The van der Waals surface area contributed by atoms with Gasteiger partial charge in [-0.15, -0.1) is 0 Å². The predicted octanol–water partition coefficient (Wildman–Crippen LogP) is 3.16. The SMILES string of the molecule is CC(=O)c1ccc(N2CCN(C(=O)/C=C/c3ccc([N+](=O)[O-])cc3)CC2)cc1. The number of amides is 1. The van der Waals surface area contributed by atoms with Crippen molar-refractivity contribution in [3.05, 3.63) is 75.8 Å². The maximum atomic E-state index is 12.4. The molecule has 0 radical (unpaired) electrons. The maximum absolute atomic E-state index is 12.4. The van der Waals surface area contributed by atoms with Crippen LogP contribution in [0.4, 0.5) is 11.4 Å². The van der Waals surface area contributed by atoms with E-state index in [-0.39, 0.29) is 17.4 Å². The average molecular weight is 379 g/mol. The first-order chi connectivity index (χ1) is 13.4.